The van der Waals surface area contributed by atoms with Crippen molar-refractivity contribution in [3.8, 4) is 17.2 Å². The first-order valence-electron chi connectivity index (χ1n) is 9.26. The third kappa shape index (κ3) is 2.68. The summed E-state index contributed by atoms with van der Waals surface area (Å²) < 4.78 is 18.9. The second kappa shape index (κ2) is 6.79. The molecule has 0 aliphatic carbocycles. The maximum Gasteiger partial charge on any atom is 0.231 e. The van der Waals surface area contributed by atoms with E-state index in [1.54, 1.807) is 7.11 Å². The molecular weight excluding hydrogens is 358 g/mol. The van der Waals surface area contributed by atoms with Gasteiger partial charge in [-0.3, -0.25) is 4.90 Å². The number of likely N-dealkylation sites (N-methyl/N-ethyl adjacent to an activating group) is 1. The molecule has 0 amide bonds. The van der Waals surface area contributed by atoms with Gasteiger partial charge < -0.3 is 14.2 Å². The molecule has 0 spiro atoms. The van der Waals surface area contributed by atoms with Crippen molar-refractivity contribution in [1.82, 2.24) is 25.1 Å². The zero-order chi connectivity index (χ0) is 19.1. The second-order valence-corrected chi connectivity index (χ2v) is 7.03. The molecule has 5 rings (SSSR count). The summed E-state index contributed by atoms with van der Waals surface area (Å²) in [7, 11) is 3.75. The molecule has 0 radical (unpaired) electrons. The van der Waals surface area contributed by atoms with E-state index in [-0.39, 0.29) is 12.8 Å². The summed E-state index contributed by atoms with van der Waals surface area (Å²) in [6, 6.07) is 12.1. The lowest BCUT2D eigenvalue weighted by Gasteiger charge is -2.34. The van der Waals surface area contributed by atoms with E-state index in [4.69, 9.17) is 14.2 Å². The van der Waals surface area contributed by atoms with Crippen LogP contribution in [0.3, 0.4) is 0 Å². The molecule has 0 fully saturated rings. The van der Waals surface area contributed by atoms with Crippen LogP contribution in [-0.2, 0) is 13.0 Å². The molecular formula is C20H21N5O3. The van der Waals surface area contributed by atoms with Gasteiger partial charge in [-0.25, -0.2) is 4.68 Å². The number of hydrogen-bond acceptors (Lipinski definition) is 7. The first-order chi connectivity index (χ1) is 13.8. The van der Waals surface area contributed by atoms with Gasteiger partial charge >= 0.3 is 0 Å². The van der Waals surface area contributed by atoms with Crippen LogP contribution >= 0.6 is 0 Å². The smallest absolute Gasteiger partial charge is 0.231 e. The van der Waals surface area contributed by atoms with E-state index in [9.17, 15) is 0 Å². The van der Waals surface area contributed by atoms with Crippen LogP contribution in [-0.4, -0.2) is 52.6 Å². The number of ether oxygens (including phenoxy) is 3. The van der Waals surface area contributed by atoms with E-state index in [1.807, 2.05) is 22.9 Å². The van der Waals surface area contributed by atoms with Crippen LogP contribution in [0.4, 0.5) is 0 Å². The quantitative estimate of drug-likeness (QED) is 0.687. The lowest BCUT2D eigenvalue weighted by Crippen LogP contribution is -2.35. The lowest BCUT2D eigenvalue weighted by molar-refractivity contribution is 0.170. The first kappa shape index (κ1) is 17.0. The molecule has 1 aromatic heterocycles. The Morgan fingerprint density at radius 1 is 1.21 bits per heavy atom. The van der Waals surface area contributed by atoms with E-state index in [2.05, 4.69) is 45.7 Å². The summed E-state index contributed by atoms with van der Waals surface area (Å²) in [6.07, 6.45) is 0.898. The molecule has 3 aromatic rings. The average molecular weight is 379 g/mol. The second-order valence-electron chi connectivity index (χ2n) is 7.03. The zero-order valence-electron chi connectivity index (χ0n) is 15.8. The predicted molar refractivity (Wildman–Crippen MR) is 101 cm³/mol. The van der Waals surface area contributed by atoms with Crippen LogP contribution in [0.15, 0.2) is 36.4 Å². The fraction of sp³-hybridized carbons (Fsp3) is 0.350. The maximum atomic E-state index is 5.78. The third-order valence-electron chi connectivity index (χ3n) is 5.38. The van der Waals surface area contributed by atoms with Gasteiger partial charge in [0.1, 0.15) is 6.04 Å². The minimum absolute atomic E-state index is 0.132. The molecule has 8 heteroatoms. The van der Waals surface area contributed by atoms with Crippen molar-refractivity contribution in [2.45, 2.75) is 19.0 Å². The Bertz CT molecular complexity index is 1000. The Hall–Kier alpha value is -3.13. The van der Waals surface area contributed by atoms with Crippen LogP contribution in [0.5, 0.6) is 17.2 Å². The van der Waals surface area contributed by atoms with Crippen molar-refractivity contribution >= 4 is 0 Å². The maximum absolute atomic E-state index is 5.78. The number of rotatable bonds is 4. The number of methoxy groups -OCH3 is 1. The minimum atomic E-state index is -0.132. The van der Waals surface area contributed by atoms with Gasteiger partial charge in [-0.2, -0.15) is 0 Å². The third-order valence-corrected chi connectivity index (χ3v) is 5.38. The van der Waals surface area contributed by atoms with Crippen molar-refractivity contribution < 1.29 is 14.2 Å². The van der Waals surface area contributed by atoms with E-state index < -0.39 is 0 Å². The van der Waals surface area contributed by atoms with E-state index in [1.165, 1.54) is 5.56 Å². The summed E-state index contributed by atoms with van der Waals surface area (Å²) in [5, 5.41) is 12.6. The number of aromatic nitrogens is 4. The summed E-state index contributed by atoms with van der Waals surface area (Å²) in [6.45, 7) is 1.70. The molecule has 1 unspecified atom stereocenters. The largest absolute Gasteiger partial charge is 0.492 e. The fourth-order valence-corrected chi connectivity index (χ4v) is 4.04. The number of hydrogen-bond donors (Lipinski definition) is 0. The van der Waals surface area contributed by atoms with Gasteiger partial charge in [-0.1, -0.05) is 30.3 Å². The van der Waals surface area contributed by atoms with Gasteiger partial charge in [0.25, 0.3) is 0 Å². The molecule has 3 heterocycles. The molecule has 0 bridgehead atoms. The van der Waals surface area contributed by atoms with Gasteiger partial charge in [0.2, 0.25) is 12.5 Å². The molecule has 2 aromatic carbocycles. The Balaban J connectivity index is 1.62. The topological polar surface area (TPSA) is 74.5 Å². The molecule has 144 valence electrons. The van der Waals surface area contributed by atoms with Gasteiger partial charge in [0.05, 0.1) is 13.7 Å². The van der Waals surface area contributed by atoms with Crippen LogP contribution in [0.2, 0.25) is 0 Å². The minimum Gasteiger partial charge on any atom is -0.492 e. The van der Waals surface area contributed by atoms with Crippen LogP contribution in [0.1, 0.15) is 28.6 Å². The summed E-state index contributed by atoms with van der Waals surface area (Å²) in [5.74, 6) is 2.88. The predicted octanol–water partition coefficient (Wildman–Crippen LogP) is 2.04. The number of benzene rings is 2. The molecule has 0 N–H and O–H groups in total. The van der Waals surface area contributed by atoms with E-state index >= 15 is 0 Å². The molecule has 0 saturated heterocycles. The van der Waals surface area contributed by atoms with Gasteiger partial charge in [0, 0.05) is 12.1 Å². The first-order valence-corrected chi connectivity index (χ1v) is 9.26. The molecule has 2 aliphatic heterocycles. The SMILES string of the molecule is COc1c2c(cc3c1C(c1nnnn1Cc1ccccc1)N(C)CC3)OCO2. The Kier molecular flexibility index (Phi) is 4.12. The monoisotopic (exact) mass is 379 g/mol. The van der Waals surface area contributed by atoms with Gasteiger partial charge in [0.15, 0.2) is 17.3 Å². The standard InChI is InChI=1S/C20H21N5O3/c1-24-9-8-14-10-15-18(28-12-27-15)19(26-2)16(14)17(24)20-21-22-23-25(20)11-13-6-4-3-5-7-13/h3-7,10,17H,8-9,11-12H2,1-2H3. The Morgan fingerprint density at radius 2 is 2.07 bits per heavy atom. The normalized spacial score (nSPS) is 18.1. The van der Waals surface area contributed by atoms with Crippen molar-refractivity contribution in [3.63, 3.8) is 0 Å². The highest BCUT2D eigenvalue weighted by atomic mass is 16.7. The lowest BCUT2D eigenvalue weighted by atomic mass is 9.90. The van der Waals surface area contributed by atoms with Crippen LogP contribution in [0, 0.1) is 0 Å². The highest BCUT2D eigenvalue weighted by molar-refractivity contribution is 5.62. The van der Waals surface area contributed by atoms with Gasteiger partial charge in [-0.05, 0) is 41.1 Å². The highest BCUT2D eigenvalue weighted by Crippen LogP contribution is 2.50. The summed E-state index contributed by atoms with van der Waals surface area (Å²) >= 11 is 0. The van der Waals surface area contributed by atoms with E-state index in [0.717, 1.165) is 35.7 Å². The number of fused-ring (bicyclic) bond motifs is 2. The van der Waals surface area contributed by atoms with Crippen molar-refractivity contribution in [3.05, 3.63) is 58.9 Å². The van der Waals surface area contributed by atoms with Crippen LogP contribution in [0.25, 0.3) is 0 Å². The van der Waals surface area contributed by atoms with Crippen LogP contribution < -0.4 is 14.2 Å². The number of tetrazole rings is 1. The zero-order valence-corrected chi connectivity index (χ0v) is 15.8. The van der Waals surface area contributed by atoms with E-state index in [0.29, 0.717) is 18.0 Å². The number of nitrogens with zero attached hydrogens (tertiary/aromatic N) is 5. The molecule has 28 heavy (non-hydrogen) atoms. The average Bonchev–Trinajstić information content (AvgIpc) is 3.36. The molecule has 0 saturated carbocycles. The highest BCUT2D eigenvalue weighted by Gasteiger charge is 2.37. The Labute approximate surface area is 162 Å². The molecule has 8 nitrogen and oxygen atoms in total. The van der Waals surface area contributed by atoms with Crippen molar-refractivity contribution in [2.24, 2.45) is 0 Å². The summed E-state index contributed by atoms with van der Waals surface area (Å²) in [4.78, 5) is 2.25. The molecule has 2 aliphatic rings. The van der Waals surface area contributed by atoms with Crippen molar-refractivity contribution in [1.29, 1.82) is 0 Å². The summed E-state index contributed by atoms with van der Waals surface area (Å²) in [5.41, 5.74) is 3.37. The van der Waals surface area contributed by atoms with Gasteiger partial charge in [-0.15, -0.1) is 5.10 Å². The fourth-order valence-electron chi connectivity index (χ4n) is 4.04. The Morgan fingerprint density at radius 3 is 2.89 bits per heavy atom. The van der Waals surface area contributed by atoms with Crippen molar-refractivity contribution in [2.75, 3.05) is 27.5 Å². The molecule has 1 atom stereocenters.